The Balaban J connectivity index is 1.35. The summed E-state index contributed by atoms with van der Waals surface area (Å²) >= 11 is 0. The third-order valence-electron chi connectivity index (χ3n) is 12.7. The molecule has 5 rings (SSSR count). The molecule has 0 aromatic carbocycles. The molecule has 0 spiro atoms. The Kier molecular flexibility index (Phi) is 8.75. The first-order chi connectivity index (χ1) is 19.0. The average molecular weight is 559 g/mol. The van der Waals surface area contributed by atoms with Gasteiger partial charge >= 0.3 is 11.9 Å². The van der Waals surface area contributed by atoms with E-state index in [9.17, 15) is 9.59 Å². The van der Waals surface area contributed by atoms with Gasteiger partial charge in [0.25, 0.3) is 0 Å². The average Bonchev–Trinajstić information content (AvgIpc) is 3.43. The molecule has 0 unspecified atom stereocenters. The van der Waals surface area contributed by atoms with Gasteiger partial charge in [-0.15, -0.1) is 0 Å². The number of hydrogen-bond acceptors (Lipinski definition) is 5. The Labute approximate surface area is 244 Å². The van der Waals surface area contributed by atoms with Gasteiger partial charge in [-0.2, -0.15) is 0 Å². The molecule has 228 valence electrons. The summed E-state index contributed by atoms with van der Waals surface area (Å²) in [6.07, 6.45) is 14.6. The molecule has 1 aliphatic heterocycles. The van der Waals surface area contributed by atoms with Crippen LogP contribution in [0.5, 0.6) is 0 Å². The molecule has 5 nitrogen and oxygen atoms in total. The van der Waals surface area contributed by atoms with E-state index in [1.54, 1.807) is 0 Å². The minimum atomic E-state index is -0.177. The highest BCUT2D eigenvalue weighted by Gasteiger charge is 2.71. The van der Waals surface area contributed by atoms with Crippen molar-refractivity contribution in [3.05, 3.63) is 0 Å². The maximum Gasteiger partial charge on any atom is 0.306 e. The van der Waals surface area contributed by atoms with E-state index in [0.29, 0.717) is 54.0 Å². The van der Waals surface area contributed by atoms with Gasteiger partial charge < -0.3 is 14.2 Å². The van der Waals surface area contributed by atoms with Crippen molar-refractivity contribution in [3.63, 3.8) is 0 Å². The monoisotopic (exact) mass is 558 g/mol. The van der Waals surface area contributed by atoms with Crippen molar-refractivity contribution < 1.29 is 23.8 Å². The molecule has 4 saturated carbocycles. The van der Waals surface area contributed by atoms with Crippen LogP contribution in [0.3, 0.4) is 0 Å². The van der Waals surface area contributed by atoms with E-state index >= 15 is 0 Å². The van der Waals surface area contributed by atoms with Gasteiger partial charge in [0.15, 0.2) is 0 Å². The molecule has 4 aliphatic carbocycles. The highest BCUT2D eigenvalue weighted by atomic mass is 16.6. The van der Waals surface area contributed by atoms with Gasteiger partial charge in [-0.3, -0.25) is 9.59 Å². The lowest BCUT2D eigenvalue weighted by Gasteiger charge is -2.61. The van der Waals surface area contributed by atoms with Crippen molar-refractivity contribution >= 4 is 11.9 Å². The second-order valence-electron chi connectivity index (χ2n) is 15.6. The Hall–Kier alpha value is -1.10. The van der Waals surface area contributed by atoms with Gasteiger partial charge in [-0.25, -0.2) is 0 Å². The fourth-order valence-electron chi connectivity index (χ4n) is 10.7. The number of fused-ring (bicyclic) bond motifs is 5. The maximum absolute atomic E-state index is 12.9. The van der Waals surface area contributed by atoms with Crippen molar-refractivity contribution in [2.75, 3.05) is 0 Å². The van der Waals surface area contributed by atoms with Crippen LogP contribution in [-0.4, -0.2) is 35.9 Å². The first-order valence-corrected chi connectivity index (χ1v) is 17.0. The predicted octanol–water partition coefficient (Wildman–Crippen LogP) is 8.27. The normalized spacial score (nSPS) is 45.8. The van der Waals surface area contributed by atoms with Crippen LogP contribution in [0.1, 0.15) is 138 Å². The number of rotatable bonds is 10. The summed E-state index contributed by atoms with van der Waals surface area (Å²) in [5.74, 6) is 3.55. The number of epoxide rings is 1. The third-order valence-corrected chi connectivity index (χ3v) is 12.7. The molecule has 0 bridgehead atoms. The maximum atomic E-state index is 12.9. The second-order valence-corrected chi connectivity index (χ2v) is 15.6. The van der Waals surface area contributed by atoms with Crippen molar-refractivity contribution in [1.29, 1.82) is 0 Å². The third kappa shape index (κ3) is 5.39. The van der Waals surface area contributed by atoms with Crippen LogP contribution in [0.4, 0.5) is 0 Å². The summed E-state index contributed by atoms with van der Waals surface area (Å²) in [5, 5.41) is 0. The smallest absolute Gasteiger partial charge is 0.306 e. The SMILES string of the molecule is CCCC(=O)O[C@H]1CC[C@@]2(C)[C@@H](CC[C@@H]3[C@@H]2CC[C@@]2(C)[C@H]3C[C@H](OC(=O)CCC)[C@@H]2[C@]2(C)O[C@H]2CCC(C)C)C1. The van der Waals surface area contributed by atoms with Gasteiger partial charge in [0, 0.05) is 18.8 Å². The van der Waals surface area contributed by atoms with E-state index in [2.05, 4.69) is 41.5 Å². The Morgan fingerprint density at radius 1 is 0.850 bits per heavy atom. The number of esters is 2. The summed E-state index contributed by atoms with van der Waals surface area (Å²) < 4.78 is 18.9. The van der Waals surface area contributed by atoms with Crippen molar-refractivity contribution in [2.24, 2.45) is 46.3 Å². The van der Waals surface area contributed by atoms with E-state index in [1.165, 1.54) is 38.5 Å². The predicted molar refractivity (Wildman–Crippen MR) is 158 cm³/mol. The molecule has 0 radical (unpaired) electrons. The largest absolute Gasteiger partial charge is 0.462 e. The fraction of sp³-hybridized carbons (Fsp3) is 0.943. The molecule has 11 atom stereocenters. The Morgan fingerprint density at radius 2 is 1.52 bits per heavy atom. The zero-order valence-electron chi connectivity index (χ0n) is 26.6. The van der Waals surface area contributed by atoms with E-state index in [0.717, 1.165) is 38.5 Å². The van der Waals surface area contributed by atoms with Crippen LogP contribution in [0.25, 0.3) is 0 Å². The topological polar surface area (TPSA) is 65.1 Å². The van der Waals surface area contributed by atoms with Crippen molar-refractivity contribution in [2.45, 2.75) is 162 Å². The lowest BCUT2D eigenvalue weighted by atomic mass is 9.44. The summed E-state index contributed by atoms with van der Waals surface area (Å²) in [5.41, 5.74) is 0.295. The van der Waals surface area contributed by atoms with Crippen molar-refractivity contribution in [1.82, 2.24) is 0 Å². The number of ether oxygens (including phenoxy) is 3. The molecule has 0 amide bonds. The summed E-state index contributed by atoms with van der Waals surface area (Å²) in [7, 11) is 0. The minimum absolute atomic E-state index is 0.0126. The van der Waals surface area contributed by atoms with Crippen LogP contribution >= 0.6 is 0 Å². The Bertz CT molecular complexity index is 931. The summed E-state index contributed by atoms with van der Waals surface area (Å²) in [4.78, 5) is 25.1. The van der Waals surface area contributed by atoms with Crippen LogP contribution in [0, 0.1) is 46.3 Å². The second kappa shape index (κ2) is 11.5. The van der Waals surface area contributed by atoms with Crippen LogP contribution < -0.4 is 0 Å². The molecule has 5 fully saturated rings. The first kappa shape index (κ1) is 30.4. The molecule has 1 saturated heterocycles. The number of hydrogen-bond donors (Lipinski definition) is 0. The van der Waals surface area contributed by atoms with E-state index in [4.69, 9.17) is 14.2 Å². The number of carbonyl (C=O) groups excluding carboxylic acids is 2. The van der Waals surface area contributed by atoms with Crippen molar-refractivity contribution in [3.8, 4) is 0 Å². The van der Waals surface area contributed by atoms with Gasteiger partial charge in [0.1, 0.15) is 12.2 Å². The van der Waals surface area contributed by atoms with Gasteiger partial charge in [0.2, 0.25) is 0 Å². The van der Waals surface area contributed by atoms with Gasteiger partial charge in [0.05, 0.1) is 11.7 Å². The molecule has 5 aliphatic rings. The van der Waals surface area contributed by atoms with Crippen LogP contribution in [0.15, 0.2) is 0 Å². The molecule has 0 N–H and O–H groups in total. The quantitative estimate of drug-likeness (QED) is 0.199. The summed E-state index contributed by atoms with van der Waals surface area (Å²) in [6, 6.07) is 0. The van der Waals surface area contributed by atoms with E-state index in [-0.39, 0.29) is 41.1 Å². The molecule has 0 aromatic rings. The van der Waals surface area contributed by atoms with E-state index in [1.807, 2.05) is 6.92 Å². The zero-order chi connectivity index (χ0) is 28.9. The molecule has 5 heteroatoms. The molecular formula is C35H58O5. The van der Waals surface area contributed by atoms with E-state index < -0.39 is 0 Å². The van der Waals surface area contributed by atoms with Gasteiger partial charge in [-0.1, -0.05) is 41.5 Å². The summed E-state index contributed by atoms with van der Waals surface area (Å²) in [6.45, 7) is 16.1. The number of carbonyl (C=O) groups is 2. The molecule has 1 heterocycles. The molecule has 0 aromatic heterocycles. The van der Waals surface area contributed by atoms with Crippen LogP contribution in [0.2, 0.25) is 0 Å². The minimum Gasteiger partial charge on any atom is -0.462 e. The molecule has 40 heavy (non-hydrogen) atoms. The fourth-order valence-corrected chi connectivity index (χ4v) is 10.7. The lowest BCUT2D eigenvalue weighted by molar-refractivity contribution is -0.163. The Morgan fingerprint density at radius 3 is 2.20 bits per heavy atom. The molecular weight excluding hydrogens is 500 g/mol. The standard InChI is InChI=1S/C35H58O5/c1-8-10-30(36)38-24-16-18-33(5)23(20-24)13-14-25-26(33)17-19-34(6)27(25)21-28(39-31(37)11-9-2)32(34)35(7)29(40-35)15-12-22(3)4/h22-29,32H,8-21H2,1-7H3/t23-,24-,25+,26-,27-,28-,29-,32-,33-,34-,35+/m0/s1. The highest BCUT2D eigenvalue weighted by Crippen LogP contribution is 2.71. The first-order valence-electron chi connectivity index (χ1n) is 17.0. The zero-order valence-corrected chi connectivity index (χ0v) is 26.6. The van der Waals surface area contributed by atoms with Crippen LogP contribution in [-0.2, 0) is 23.8 Å². The lowest BCUT2D eigenvalue weighted by Crippen LogP contribution is -2.55. The van der Waals surface area contributed by atoms with Gasteiger partial charge in [-0.05, 0) is 124 Å². The highest BCUT2D eigenvalue weighted by molar-refractivity contribution is 5.69.